The molecule has 0 heterocycles. The summed E-state index contributed by atoms with van der Waals surface area (Å²) >= 11 is 0. The maximum atomic E-state index is 12.0. The van der Waals surface area contributed by atoms with Gasteiger partial charge in [0, 0.05) is 0 Å². The number of rotatable bonds is 7. The van der Waals surface area contributed by atoms with Crippen molar-refractivity contribution in [3.8, 4) is 0 Å². The van der Waals surface area contributed by atoms with E-state index < -0.39 is 24.2 Å². The van der Waals surface area contributed by atoms with E-state index in [0.29, 0.717) is 12.8 Å². The Bertz CT molecular complexity index is 231. The largest absolute Gasteiger partial charge is 0.401 e. The van der Waals surface area contributed by atoms with Crippen LogP contribution in [0.15, 0.2) is 0 Å². The second-order valence-electron chi connectivity index (χ2n) is 4.12. The van der Waals surface area contributed by atoms with E-state index in [1.54, 1.807) is 0 Å². The van der Waals surface area contributed by atoms with Gasteiger partial charge in [-0.25, -0.2) is 0 Å². The van der Waals surface area contributed by atoms with Crippen LogP contribution in [0.3, 0.4) is 0 Å². The number of carbonyl (C=O) groups excluding carboxylic acids is 1. The predicted molar refractivity (Wildman–Crippen MR) is 55.8 cm³/mol. The Morgan fingerprint density at radius 1 is 1.31 bits per heavy atom. The molecule has 0 radical (unpaired) electrons. The zero-order valence-corrected chi connectivity index (χ0v) is 9.66. The molecule has 0 aromatic rings. The van der Waals surface area contributed by atoms with Gasteiger partial charge >= 0.3 is 6.18 Å². The van der Waals surface area contributed by atoms with Gasteiger partial charge < -0.3 is 5.73 Å². The number of hydrogen-bond donors (Lipinski definition) is 2. The van der Waals surface area contributed by atoms with Gasteiger partial charge in [0.15, 0.2) is 0 Å². The van der Waals surface area contributed by atoms with Gasteiger partial charge in [-0.05, 0) is 13.3 Å². The standard InChI is InChI=1S/C10H19F3N2O/c1-3-4-5-6-9(2,8(14)16)15-7-10(11,12)13/h15H,3-7H2,1-2H3,(H2,14,16). The highest BCUT2D eigenvalue weighted by molar-refractivity contribution is 5.84. The SMILES string of the molecule is CCCCCC(C)(NCC(F)(F)F)C(N)=O. The molecule has 6 heteroatoms. The third-order valence-corrected chi connectivity index (χ3v) is 2.50. The lowest BCUT2D eigenvalue weighted by molar-refractivity contribution is -0.135. The molecule has 3 N–H and O–H groups in total. The van der Waals surface area contributed by atoms with Crippen molar-refractivity contribution in [1.29, 1.82) is 0 Å². The number of alkyl halides is 3. The fourth-order valence-electron chi connectivity index (χ4n) is 1.32. The Morgan fingerprint density at radius 2 is 1.88 bits per heavy atom. The minimum atomic E-state index is -4.33. The number of carbonyl (C=O) groups is 1. The van der Waals surface area contributed by atoms with Crippen molar-refractivity contribution >= 4 is 5.91 Å². The number of nitrogens with one attached hydrogen (secondary N) is 1. The number of primary amides is 1. The van der Waals surface area contributed by atoms with Crippen LogP contribution in [0, 0.1) is 0 Å². The molecule has 0 fully saturated rings. The minimum Gasteiger partial charge on any atom is -0.368 e. The molecule has 1 amide bonds. The summed E-state index contributed by atoms with van der Waals surface area (Å²) in [6.07, 6.45) is -1.51. The van der Waals surface area contributed by atoms with Crippen molar-refractivity contribution in [2.45, 2.75) is 51.2 Å². The highest BCUT2D eigenvalue weighted by atomic mass is 19.4. The molecule has 0 aromatic carbocycles. The lowest BCUT2D eigenvalue weighted by atomic mass is 9.93. The Kier molecular flexibility index (Phi) is 5.78. The summed E-state index contributed by atoms with van der Waals surface area (Å²) in [4.78, 5) is 11.1. The normalized spacial score (nSPS) is 15.8. The van der Waals surface area contributed by atoms with Gasteiger partial charge in [-0.1, -0.05) is 26.2 Å². The number of halogens is 3. The van der Waals surface area contributed by atoms with Crippen LogP contribution in [0.1, 0.15) is 39.5 Å². The summed E-state index contributed by atoms with van der Waals surface area (Å²) in [6.45, 7) is 2.19. The summed E-state index contributed by atoms with van der Waals surface area (Å²) in [5.74, 6) is -0.743. The Balaban J connectivity index is 4.28. The molecule has 0 saturated heterocycles. The zero-order valence-electron chi connectivity index (χ0n) is 9.66. The maximum Gasteiger partial charge on any atom is 0.401 e. The number of hydrogen-bond acceptors (Lipinski definition) is 2. The molecule has 1 atom stereocenters. The van der Waals surface area contributed by atoms with Gasteiger partial charge in [-0.15, -0.1) is 0 Å². The monoisotopic (exact) mass is 240 g/mol. The van der Waals surface area contributed by atoms with Crippen LogP contribution in [0.5, 0.6) is 0 Å². The minimum absolute atomic E-state index is 0.326. The number of nitrogens with two attached hydrogens (primary N) is 1. The summed E-state index contributed by atoms with van der Waals surface area (Å²) in [5, 5.41) is 2.19. The molecule has 16 heavy (non-hydrogen) atoms. The van der Waals surface area contributed by atoms with E-state index in [9.17, 15) is 18.0 Å². The molecule has 96 valence electrons. The van der Waals surface area contributed by atoms with Crippen molar-refractivity contribution in [3.05, 3.63) is 0 Å². The Hall–Kier alpha value is -0.780. The van der Waals surface area contributed by atoms with Crippen LogP contribution in [0.25, 0.3) is 0 Å². The van der Waals surface area contributed by atoms with E-state index in [4.69, 9.17) is 5.73 Å². The molecular formula is C10H19F3N2O. The zero-order chi connectivity index (χ0) is 12.8. The first-order valence-corrected chi connectivity index (χ1v) is 5.33. The van der Waals surface area contributed by atoms with Crippen LogP contribution >= 0.6 is 0 Å². The molecule has 1 unspecified atom stereocenters. The number of unbranched alkanes of at least 4 members (excludes halogenated alkanes) is 2. The van der Waals surface area contributed by atoms with Gasteiger partial charge in [0.25, 0.3) is 0 Å². The van der Waals surface area contributed by atoms with Gasteiger partial charge in [-0.3, -0.25) is 10.1 Å². The van der Waals surface area contributed by atoms with Crippen LogP contribution in [0.2, 0.25) is 0 Å². The van der Waals surface area contributed by atoms with Crippen molar-refractivity contribution in [2.24, 2.45) is 5.73 Å². The van der Waals surface area contributed by atoms with Crippen molar-refractivity contribution in [1.82, 2.24) is 5.32 Å². The predicted octanol–water partition coefficient (Wildman–Crippen LogP) is 1.96. The van der Waals surface area contributed by atoms with E-state index in [0.717, 1.165) is 12.8 Å². The molecule has 0 bridgehead atoms. The smallest absolute Gasteiger partial charge is 0.368 e. The van der Waals surface area contributed by atoms with Crippen molar-refractivity contribution in [3.63, 3.8) is 0 Å². The van der Waals surface area contributed by atoms with Gasteiger partial charge in [0.05, 0.1) is 12.1 Å². The summed E-state index contributed by atoms with van der Waals surface area (Å²) in [5.41, 5.74) is 3.84. The van der Waals surface area contributed by atoms with Gasteiger partial charge in [-0.2, -0.15) is 13.2 Å². The third-order valence-electron chi connectivity index (χ3n) is 2.50. The number of amides is 1. The molecule has 0 aromatic heterocycles. The van der Waals surface area contributed by atoms with E-state index in [1.165, 1.54) is 6.92 Å². The molecule has 0 aliphatic carbocycles. The van der Waals surface area contributed by atoms with E-state index in [-0.39, 0.29) is 0 Å². The van der Waals surface area contributed by atoms with Crippen LogP contribution in [0.4, 0.5) is 13.2 Å². The highest BCUT2D eigenvalue weighted by Gasteiger charge is 2.35. The fourth-order valence-corrected chi connectivity index (χ4v) is 1.32. The van der Waals surface area contributed by atoms with E-state index >= 15 is 0 Å². The van der Waals surface area contributed by atoms with Gasteiger partial charge in [0.2, 0.25) is 5.91 Å². The second-order valence-corrected chi connectivity index (χ2v) is 4.12. The Labute approximate surface area is 93.6 Å². The summed E-state index contributed by atoms with van der Waals surface area (Å²) in [6, 6.07) is 0. The highest BCUT2D eigenvalue weighted by Crippen LogP contribution is 2.18. The first kappa shape index (κ1) is 15.2. The average Bonchev–Trinajstić information content (AvgIpc) is 2.14. The lowest BCUT2D eigenvalue weighted by Crippen LogP contribution is -2.55. The third kappa shape index (κ3) is 5.95. The van der Waals surface area contributed by atoms with Crippen LogP contribution in [-0.2, 0) is 4.79 Å². The second kappa shape index (κ2) is 6.08. The van der Waals surface area contributed by atoms with E-state index in [2.05, 4.69) is 5.32 Å². The summed E-state index contributed by atoms with van der Waals surface area (Å²) < 4.78 is 36.1. The maximum absolute atomic E-state index is 12.0. The molecule has 0 aliphatic rings. The average molecular weight is 240 g/mol. The van der Waals surface area contributed by atoms with E-state index in [1.807, 2.05) is 6.92 Å². The molecule has 0 saturated carbocycles. The first-order chi connectivity index (χ1) is 7.21. The molecule has 0 spiro atoms. The molecule has 3 nitrogen and oxygen atoms in total. The first-order valence-electron chi connectivity index (χ1n) is 5.33. The molecular weight excluding hydrogens is 221 g/mol. The Morgan fingerprint density at radius 3 is 2.25 bits per heavy atom. The van der Waals surface area contributed by atoms with Crippen LogP contribution in [-0.4, -0.2) is 24.2 Å². The summed E-state index contributed by atoms with van der Waals surface area (Å²) in [7, 11) is 0. The lowest BCUT2D eigenvalue weighted by Gasteiger charge is -2.28. The van der Waals surface area contributed by atoms with Gasteiger partial charge in [0.1, 0.15) is 0 Å². The fraction of sp³-hybridized carbons (Fsp3) is 0.900. The quantitative estimate of drug-likeness (QED) is 0.668. The molecule has 0 rings (SSSR count). The molecule has 0 aliphatic heterocycles. The van der Waals surface area contributed by atoms with Crippen LogP contribution < -0.4 is 11.1 Å². The van der Waals surface area contributed by atoms with Crippen molar-refractivity contribution in [2.75, 3.05) is 6.54 Å². The topological polar surface area (TPSA) is 55.1 Å². The van der Waals surface area contributed by atoms with Crippen molar-refractivity contribution < 1.29 is 18.0 Å².